The fourth-order valence-corrected chi connectivity index (χ4v) is 6.79. The fraction of sp³-hybridized carbons (Fsp3) is 0.368. The number of benzene rings is 3. The van der Waals surface area contributed by atoms with Crippen molar-refractivity contribution in [2.24, 2.45) is 10.8 Å². The molecule has 0 fully saturated rings. The van der Waals surface area contributed by atoms with Gasteiger partial charge in [-0.3, -0.25) is 4.79 Å². The van der Waals surface area contributed by atoms with Crippen molar-refractivity contribution >= 4 is 34.2 Å². The number of ketones is 1. The van der Waals surface area contributed by atoms with Crippen molar-refractivity contribution < 1.29 is 30.0 Å². The molecule has 3 aromatic carbocycles. The molecule has 0 unspecified atom stereocenters. The van der Waals surface area contributed by atoms with E-state index in [4.69, 9.17) is 0 Å². The Balaban J connectivity index is 0.000000348. The third-order valence-electron chi connectivity index (χ3n) is 8.50. The molecule has 0 aliphatic heterocycles. The van der Waals surface area contributed by atoms with Crippen molar-refractivity contribution in [3.05, 3.63) is 96.4 Å². The van der Waals surface area contributed by atoms with Crippen LogP contribution in [0, 0.1) is 23.8 Å². The van der Waals surface area contributed by atoms with Crippen LogP contribution in [0.1, 0.15) is 59.9 Å². The van der Waals surface area contributed by atoms with E-state index in [2.05, 4.69) is 102 Å². The molecule has 4 rings (SSSR count). The van der Waals surface area contributed by atoms with Crippen LogP contribution in [0.5, 0.6) is 0 Å². The van der Waals surface area contributed by atoms with E-state index in [0.717, 1.165) is 29.5 Å². The molecule has 0 saturated carbocycles. The van der Waals surface area contributed by atoms with E-state index in [9.17, 15) is 9.90 Å². The average Bonchev–Trinajstić information content (AvgIpc) is 2.97. The van der Waals surface area contributed by atoms with Crippen LogP contribution < -0.4 is 4.40 Å². The Labute approximate surface area is 276 Å². The number of fused-ring (bicyclic) bond motifs is 1. The summed E-state index contributed by atoms with van der Waals surface area (Å²) in [6.07, 6.45) is 4.89. The van der Waals surface area contributed by atoms with Gasteiger partial charge in [0.25, 0.3) is 0 Å². The summed E-state index contributed by atoms with van der Waals surface area (Å²) in [6, 6.07) is 27.5. The normalized spacial score (nSPS) is 12.3. The second kappa shape index (κ2) is 15.0. The van der Waals surface area contributed by atoms with E-state index in [1.807, 2.05) is 47.7 Å². The van der Waals surface area contributed by atoms with Gasteiger partial charge in [-0.25, -0.2) is 0 Å². The summed E-state index contributed by atoms with van der Waals surface area (Å²) in [5.41, 5.74) is 5.04. The van der Waals surface area contributed by atoms with Crippen LogP contribution in [0.25, 0.3) is 33.2 Å². The zero-order valence-corrected chi connectivity index (χ0v) is 32.0. The Bertz CT molecular complexity index is 1560. The quantitative estimate of drug-likeness (QED) is 0.0835. The number of allylic oxidation sites excluding steroid dienone is 2. The first-order chi connectivity index (χ1) is 19.6. The van der Waals surface area contributed by atoms with Gasteiger partial charge in [0.05, 0.1) is 0 Å². The molecule has 4 aromatic rings. The molecule has 43 heavy (non-hydrogen) atoms. The largest absolute Gasteiger partial charge is 0 e. The molecule has 0 aliphatic carbocycles. The van der Waals surface area contributed by atoms with Gasteiger partial charge >= 0.3 is 158 Å². The second-order valence-electron chi connectivity index (χ2n) is 13.5. The topological polar surface area (TPSA) is 50.2 Å². The molecule has 1 N–H and O–H groups in total. The molecule has 0 spiro atoms. The van der Waals surface area contributed by atoms with Crippen LogP contribution in [-0.4, -0.2) is 29.1 Å². The van der Waals surface area contributed by atoms with E-state index >= 15 is 0 Å². The van der Waals surface area contributed by atoms with E-state index in [-0.39, 0.29) is 42.5 Å². The standard InChI is InChI=1S/C25H24GeN.C13H24O2.Ir/c1-18-15-22(16-21-7-5-6-8-24(18)21)25-17-20(13-14-27-25)19-9-11-23(12-10-19)26(2,3)4;1-7-12(3,4)10(14)9-11(15)13(5,6)8-2;/h5-15,17H,1-4H3;9,14H,7-8H2,1-6H3;/q-1;;/b;10-9-;. The second-order valence-corrected chi connectivity index (χ2v) is 24.2. The number of rotatable bonds is 8. The van der Waals surface area contributed by atoms with Gasteiger partial charge in [-0.05, 0) is 12.8 Å². The maximum absolute atomic E-state index is 11.8. The van der Waals surface area contributed by atoms with Gasteiger partial charge in [-0.2, -0.15) is 0 Å². The molecule has 1 aromatic heterocycles. The summed E-state index contributed by atoms with van der Waals surface area (Å²) in [4.78, 5) is 16.5. The van der Waals surface area contributed by atoms with Crippen LogP contribution in [0.2, 0.25) is 17.3 Å². The molecule has 0 amide bonds. The van der Waals surface area contributed by atoms with E-state index in [1.165, 1.54) is 32.5 Å². The third-order valence-corrected chi connectivity index (χ3v) is 12.8. The monoisotopic (exact) mass is 817 g/mol. The van der Waals surface area contributed by atoms with Gasteiger partial charge in [0.2, 0.25) is 0 Å². The predicted molar refractivity (Wildman–Crippen MR) is 183 cm³/mol. The van der Waals surface area contributed by atoms with Crippen molar-refractivity contribution in [2.75, 3.05) is 0 Å². The number of carbonyl (C=O) groups excluding carboxylic acids is 1. The predicted octanol–water partition coefficient (Wildman–Crippen LogP) is 10.1. The van der Waals surface area contributed by atoms with Gasteiger partial charge in [-0.1, -0.05) is 47.6 Å². The van der Waals surface area contributed by atoms with Crippen molar-refractivity contribution in [3.8, 4) is 22.4 Å². The summed E-state index contributed by atoms with van der Waals surface area (Å²) in [5.74, 6) is 7.48. The number of hydrogen-bond donors (Lipinski definition) is 1. The minimum atomic E-state index is -1.77. The number of aliphatic hydroxyl groups excluding tert-OH is 1. The number of aryl methyl sites for hydroxylation is 1. The Kier molecular flexibility index (Phi) is 12.8. The van der Waals surface area contributed by atoms with Crippen LogP contribution in [0.4, 0.5) is 0 Å². The molecule has 1 radical (unpaired) electrons. The first-order valence-electron chi connectivity index (χ1n) is 15.0. The zero-order valence-electron chi connectivity index (χ0n) is 27.6. The number of aromatic nitrogens is 1. The van der Waals surface area contributed by atoms with Gasteiger partial charge in [0, 0.05) is 37.0 Å². The maximum Gasteiger partial charge on any atom is 0 e. The molecular formula is C38H48GeIrNO2-. The minimum absolute atomic E-state index is 0. The number of carbonyl (C=O) groups is 1. The number of pyridine rings is 1. The van der Waals surface area contributed by atoms with Crippen molar-refractivity contribution in [1.82, 2.24) is 4.98 Å². The van der Waals surface area contributed by atoms with E-state index in [1.54, 1.807) is 0 Å². The molecule has 0 aliphatic rings. The summed E-state index contributed by atoms with van der Waals surface area (Å²) in [7, 11) is 0. The van der Waals surface area contributed by atoms with Crippen molar-refractivity contribution in [2.45, 2.75) is 78.6 Å². The molecule has 231 valence electrons. The molecule has 3 nitrogen and oxygen atoms in total. The van der Waals surface area contributed by atoms with Crippen LogP contribution in [-0.2, 0) is 24.9 Å². The van der Waals surface area contributed by atoms with E-state index < -0.39 is 13.3 Å². The van der Waals surface area contributed by atoms with Crippen molar-refractivity contribution in [3.63, 3.8) is 0 Å². The molecule has 1 heterocycles. The van der Waals surface area contributed by atoms with Gasteiger partial charge in [0.15, 0.2) is 5.78 Å². The minimum Gasteiger partial charge on any atom is 0 e. The average molecular weight is 816 g/mol. The smallest absolute Gasteiger partial charge is 0 e. The summed E-state index contributed by atoms with van der Waals surface area (Å²) in [6.45, 7) is 13.8. The molecule has 5 heteroatoms. The Hall–Kier alpha value is -2.53. The van der Waals surface area contributed by atoms with E-state index in [0.29, 0.717) is 0 Å². The number of hydrogen-bond acceptors (Lipinski definition) is 3. The Morgan fingerprint density at radius 3 is 2.07 bits per heavy atom. The fourth-order valence-electron chi connectivity index (χ4n) is 4.34. The molecule has 0 bridgehead atoms. The molecule has 0 atom stereocenters. The molecular weight excluding hydrogens is 767 g/mol. The summed E-state index contributed by atoms with van der Waals surface area (Å²) < 4.78 is 1.53. The van der Waals surface area contributed by atoms with Crippen LogP contribution in [0.3, 0.4) is 0 Å². The summed E-state index contributed by atoms with van der Waals surface area (Å²) >= 11 is -1.77. The third kappa shape index (κ3) is 9.48. The Morgan fingerprint density at radius 2 is 1.49 bits per heavy atom. The number of nitrogens with zero attached hydrogens (tertiary/aromatic N) is 1. The SMILES string of the molecule is CCC(C)(C)C(=O)/C=C(\O)C(C)(C)CC.Cc1cc(-c2cc(-c3cc[c]([Ge]([CH3])([CH3])[CH3])cc3)ccn2)[c-]c2ccccc12.[Ir]. The van der Waals surface area contributed by atoms with Gasteiger partial charge in [0.1, 0.15) is 5.76 Å². The first-order valence-corrected chi connectivity index (χ1v) is 22.4. The van der Waals surface area contributed by atoms with Gasteiger partial charge in [-0.15, -0.1) is 0 Å². The van der Waals surface area contributed by atoms with Crippen LogP contribution >= 0.6 is 0 Å². The Morgan fingerprint density at radius 1 is 0.884 bits per heavy atom. The number of aliphatic hydroxyl groups is 1. The summed E-state index contributed by atoms with van der Waals surface area (Å²) in [5, 5.41) is 12.2. The zero-order chi connectivity index (χ0) is 31.3. The van der Waals surface area contributed by atoms with Crippen molar-refractivity contribution in [1.29, 1.82) is 0 Å². The maximum atomic E-state index is 11.8. The first kappa shape index (κ1) is 36.7. The van der Waals surface area contributed by atoms with Gasteiger partial charge < -0.3 is 5.11 Å². The molecule has 0 saturated heterocycles. The van der Waals surface area contributed by atoms with Crippen LogP contribution in [0.15, 0.2) is 84.8 Å².